The van der Waals surface area contributed by atoms with E-state index in [9.17, 15) is 9.90 Å². The van der Waals surface area contributed by atoms with Gasteiger partial charge >= 0.3 is 5.97 Å². The van der Waals surface area contributed by atoms with Gasteiger partial charge in [0.1, 0.15) is 0 Å². The lowest BCUT2D eigenvalue weighted by Gasteiger charge is -2.53. The third kappa shape index (κ3) is 2.05. The Kier molecular flexibility index (Phi) is 3.68. The molecule has 2 unspecified atom stereocenters. The zero-order valence-corrected chi connectivity index (χ0v) is 14.5. The molecule has 0 bridgehead atoms. The summed E-state index contributed by atoms with van der Waals surface area (Å²) in [6.45, 7) is 6.19. The standard InChI is InChI=1S/C20H26N2O2/c1-3-20(13(2)19(23)24)10-6-11-22-12-9-15-14-7-4-5-8-16(14)21-17(15)18(20)22/h4-5,7-8,13,18,21H,3,6,9-12H2,1-2H3,(H,23,24)/t13?,18?,20-/m0/s1. The van der Waals surface area contributed by atoms with Gasteiger partial charge in [0, 0.05) is 28.6 Å². The lowest BCUT2D eigenvalue weighted by Crippen LogP contribution is -2.53. The van der Waals surface area contributed by atoms with Crippen molar-refractivity contribution in [3.05, 3.63) is 35.5 Å². The number of hydrogen-bond acceptors (Lipinski definition) is 2. The van der Waals surface area contributed by atoms with Gasteiger partial charge in [-0.3, -0.25) is 9.69 Å². The van der Waals surface area contributed by atoms with Crippen molar-refractivity contribution in [3.8, 4) is 0 Å². The van der Waals surface area contributed by atoms with E-state index in [0.29, 0.717) is 0 Å². The van der Waals surface area contributed by atoms with Gasteiger partial charge in [-0.05, 0) is 43.9 Å². The molecule has 4 heteroatoms. The first-order valence-electron chi connectivity index (χ1n) is 9.15. The molecular weight excluding hydrogens is 300 g/mol. The van der Waals surface area contributed by atoms with Crippen molar-refractivity contribution >= 4 is 16.9 Å². The SMILES string of the molecule is CC[C@@]1(C(C)C(=O)O)CCCN2CCc3c([nH]c4ccccc34)C21. The summed E-state index contributed by atoms with van der Waals surface area (Å²) in [7, 11) is 0. The van der Waals surface area contributed by atoms with Gasteiger partial charge in [0.15, 0.2) is 0 Å². The molecule has 2 aliphatic rings. The van der Waals surface area contributed by atoms with Crippen LogP contribution in [0.15, 0.2) is 24.3 Å². The lowest BCUT2D eigenvalue weighted by molar-refractivity contribution is -0.151. The van der Waals surface area contributed by atoms with Gasteiger partial charge in [-0.15, -0.1) is 0 Å². The number of hydrogen-bond donors (Lipinski definition) is 2. The normalized spacial score (nSPS) is 28.3. The Bertz CT molecular complexity index is 781. The summed E-state index contributed by atoms with van der Waals surface area (Å²) < 4.78 is 0. The number of para-hydroxylation sites is 1. The quantitative estimate of drug-likeness (QED) is 0.897. The Morgan fingerprint density at radius 1 is 1.42 bits per heavy atom. The van der Waals surface area contributed by atoms with E-state index in [4.69, 9.17) is 0 Å². The van der Waals surface area contributed by atoms with E-state index in [1.165, 1.54) is 22.2 Å². The fourth-order valence-corrected chi connectivity index (χ4v) is 5.31. The molecule has 24 heavy (non-hydrogen) atoms. The van der Waals surface area contributed by atoms with Crippen molar-refractivity contribution in [3.63, 3.8) is 0 Å². The van der Waals surface area contributed by atoms with E-state index in [0.717, 1.165) is 38.8 Å². The monoisotopic (exact) mass is 326 g/mol. The van der Waals surface area contributed by atoms with Crippen LogP contribution in [-0.2, 0) is 11.2 Å². The summed E-state index contributed by atoms with van der Waals surface area (Å²) in [5.41, 5.74) is 3.67. The van der Waals surface area contributed by atoms with Gasteiger partial charge in [-0.1, -0.05) is 32.0 Å². The Morgan fingerprint density at radius 2 is 2.21 bits per heavy atom. The maximum absolute atomic E-state index is 11.9. The zero-order chi connectivity index (χ0) is 16.9. The zero-order valence-electron chi connectivity index (χ0n) is 14.5. The molecule has 2 aromatic rings. The van der Waals surface area contributed by atoms with Crippen LogP contribution < -0.4 is 0 Å². The van der Waals surface area contributed by atoms with Crippen LogP contribution in [-0.4, -0.2) is 34.0 Å². The van der Waals surface area contributed by atoms with Crippen LogP contribution >= 0.6 is 0 Å². The number of rotatable bonds is 3. The number of nitrogens with one attached hydrogen (secondary N) is 1. The fourth-order valence-electron chi connectivity index (χ4n) is 5.31. The molecule has 1 saturated heterocycles. The minimum absolute atomic E-state index is 0.193. The molecule has 0 spiro atoms. The van der Waals surface area contributed by atoms with Gasteiger partial charge in [-0.25, -0.2) is 0 Å². The maximum Gasteiger partial charge on any atom is 0.306 e. The van der Waals surface area contributed by atoms with Crippen molar-refractivity contribution in [1.82, 2.24) is 9.88 Å². The van der Waals surface area contributed by atoms with Crippen LogP contribution in [0.3, 0.4) is 0 Å². The lowest BCUT2D eigenvalue weighted by atomic mass is 9.61. The van der Waals surface area contributed by atoms with E-state index in [1.54, 1.807) is 0 Å². The average Bonchev–Trinajstić information content (AvgIpc) is 2.99. The maximum atomic E-state index is 11.9. The first-order chi connectivity index (χ1) is 11.6. The van der Waals surface area contributed by atoms with Crippen molar-refractivity contribution in [2.75, 3.05) is 13.1 Å². The van der Waals surface area contributed by atoms with Crippen LogP contribution in [0, 0.1) is 11.3 Å². The van der Waals surface area contributed by atoms with Gasteiger partial charge in [0.05, 0.1) is 12.0 Å². The van der Waals surface area contributed by atoms with Crippen LogP contribution in [0.2, 0.25) is 0 Å². The van der Waals surface area contributed by atoms with E-state index in [-0.39, 0.29) is 17.4 Å². The van der Waals surface area contributed by atoms with E-state index in [2.05, 4.69) is 41.1 Å². The molecule has 0 saturated carbocycles. The highest BCUT2D eigenvalue weighted by atomic mass is 16.4. The number of benzene rings is 1. The topological polar surface area (TPSA) is 56.3 Å². The summed E-state index contributed by atoms with van der Waals surface area (Å²) in [5, 5.41) is 11.1. The summed E-state index contributed by atoms with van der Waals surface area (Å²) in [6, 6.07) is 8.68. The molecule has 2 aliphatic heterocycles. The molecule has 3 heterocycles. The van der Waals surface area contributed by atoms with Crippen molar-refractivity contribution in [1.29, 1.82) is 0 Å². The summed E-state index contributed by atoms with van der Waals surface area (Å²) >= 11 is 0. The molecule has 2 N–H and O–H groups in total. The predicted octanol–water partition coefficient (Wildman–Crippen LogP) is 3.98. The second-order valence-electron chi connectivity index (χ2n) is 7.50. The Labute approximate surface area is 142 Å². The summed E-state index contributed by atoms with van der Waals surface area (Å²) in [4.78, 5) is 18.1. The number of aliphatic carboxylic acids is 1. The molecule has 0 amide bonds. The number of piperidine rings is 1. The Hall–Kier alpha value is -1.81. The van der Waals surface area contributed by atoms with Crippen molar-refractivity contribution < 1.29 is 9.90 Å². The van der Waals surface area contributed by atoms with Crippen LogP contribution in [0.4, 0.5) is 0 Å². The van der Waals surface area contributed by atoms with Gasteiger partial charge in [0.25, 0.3) is 0 Å². The second kappa shape index (κ2) is 5.62. The highest BCUT2D eigenvalue weighted by molar-refractivity contribution is 5.85. The molecule has 0 radical (unpaired) electrons. The number of aromatic nitrogens is 1. The minimum Gasteiger partial charge on any atom is -0.481 e. The predicted molar refractivity (Wildman–Crippen MR) is 95.1 cm³/mol. The van der Waals surface area contributed by atoms with Gasteiger partial charge < -0.3 is 10.1 Å². The number of fused-ring (bicyclic) bond motifs is 5. The second-order valence-corrected chi connectivity index (χ2v) is 7.50. The number of carboxylic acid groups (broad SMARTS) is 1. The summed E-state index contributed by atoms with van der Waals surface area (Å²) in [6.07, 6.45) is 4.04. The van der Waals surface area contributed by atoms with Crippen molar-refractivity contribution in [2.45, 2.75) is 45.6 Å². The number of H-pyrrole nitrogens is 1. The smallest absolute Gasteiger partial charge is 0.306 e. The van der Waals surface area contributed by atoms with E-state index >= 15 is 0 Å². The minimum atomic E-state index is -0.665. The van der Waals surface area contributed by atoms with E-state index in [1.807, 2.05) is 6.92 Å². The van der Waals surface area contributed by atoms with Gasteiger partial charge in [-0.2, -0.15) is 0 Å². The Morgan fingerprint density at radius 3 is 2.96 bits per heavy atom. The Balaban J connectivity index is 1.91. The number of nitrogens with zero attached hydrogens (tertiary/aromatic N) is 1. The van der Waals surface area contributed by atoms with Crippen LogP contribution in [0.5, 0.6) is 0 Å². The molecule has 1 fully saturated rings. The first kappa shape index (κ1) is 15.7. The molecule has 3 atom stereocenters. The molecule has 128 valence electrons. The van der Waals surface area contributed by atoms with Crippen LogP contribution in [0.1, 0.15) is 50.4 Å². The molecule has 4 nitrogen and oxygen atoms in total. The van der Waals surface area contributed by atoms with Crippen LogP contribution in [0.25, 0.3) is 10.9 Å². The molecule has 1 aromatic heterocycles. The molecule has 0 aliphatic carbocycles. The highest BCUT2D eigenvalue weighted by Gasteiger charge is 2.52. The largest absolute Gasteiger partial charge is 0.481 e. The third-order valence-corrected chi connectivity index (χ3v) is 6.66. The number of carboxylic acids is 1. The summed E-state index contributed by atoms with van der Waals surface area (Å²) in [5.74, 6) is -1.01. The van der Waals surface area contributed by atoms with Gasteiger partial charge in [0.2, 0.25) is 0 Å². The molecule has 4 rings (SSSR count). The molecular formula is C20H26N2O2. The highest BCUT2D eigenvalue weighted by Crippen LogP contribution is 2.55. The fraction of sp³-hybridized carbons (Fsp3) is 0.550. The average molecular weight is 326 g/mol. The number of aromatic amines is 1. The third-order valence-electron chi connectivity index (χ3n) is 6.66. The first-order valence-corrected chi connectivity index (χ1v) is 9.15. The van der Waals surface area contributed by atoms with E-state index < -0.39 is 5.97 Å². The number of carbonyl (C=O) groups is 1. The molecule has 1 aromatic carbocycles. The van der Waals surface area contributed by atoms with Crippen molar-refractivity contribution in [2.24, 2.45) is 11.3 Å².